The van der Waals surface area contributed by atoms with Gasteiger partial charge in [-0.1, -0.05) is 19.9 Å². The van der Waals surface area contributed by atoms with E-state index in [1.165, 1.54) is 13.2 Å². The summed E-state index contributed by atoms with van der Waals surface area (Å²) >= 11 is 0. The number of aromatic nitrogens is 2. The van der Waals surface area contributed by atoms with E-state index >= 15 is 0 Å². The Bertz CT molecular complexity index is 999. The number of aliphatic hydroxyl groups is 1. The molecular weight excluding hydrogens is 366 g/mol. The maximum absolute atomic E-state index is 13.4. The van der Waals surface area contributed by atoms with E-state index in [4.69, 9.17) is 0 Å². The third-order valence-electron chi connectivity index (χ3n) is 4.44. The third-order valence-corrected chi connectivity index (χ3v) is 4.44. The fourth-order valence-corrected chi connectivity index (χ4v) is 3.11. The number of carbonyl (C=O) groups is 1. The smallest absolute Gasteiger partial charge is 0.339 e. The molecule has 28 heavy (non-hydrogen) atoms. The molecule has 1 aromatic carbocycles. The zero-order valence-electron chi connectivity index (χ0n) is 16.6. The number of aliphatic hydroxyl groups excluding tert-OH is 1. The van der Waals surface area contributed by atoms with E-state index in [1.807, 2.05) is 19.9 Å². The van der Waals surface area contributed by atoms with Crippen LogP contribution in [0.4, 0.5) is 8.78 Å². The monoisotopic (exact) mass is 390 g/mol. The number of methoxy groups -OCH3 is 1. The lowest BCUT2D eigenvalue weighted by atomic mass is 10.00. The topological polar surface area (TPSA) is 64.3 Å². The van der Waals surface area contributed by atoms with Crippen LogP contribution in [0.3, 0.4) is 0 Å². The summed E-state index contributed by atoms with van der Waals surface area (Å²) in [6, 6.07) is 5.56. The van der Waals surface area contributed by atoms with Gasteiger partial charge in [0.05, 0.1) is 7.11 Å². The lowest BCUT2D eigenvalue weighted by Gasteiger charge is -2.15. The number of hydrogen-bond acceptors (Lipinski definition) is 4. The highest BCUT2D eigenvalue weighted by Crippen LogP contribution is 2.29. The summed E-state index contributed by atoms with van der Waals surface area (Å²) < 4.78 is 32.9. The van der Waals surface area contributed by atoms with Gasteiger partial charge < -0.3 is 14.4 Å². The van der Waals surface area contributed by atoms with Crippen LogP contribution >= 0.6 is 0 Å². The largest absolute Gasteiger partial charge is 0.467 e. The molecule has 1 N–H and O–H groups in total. The van der Waals surface area contributed by atoms with Gasteiger partial charge in [0, 0.05) is 29.4 Å². The molecule has 5 nitrogen and oxygen atoms in total. The van der Waals surface area contributed by atoms with Gasteiger partial charge in [0.25, 0.3) is 0 Å². The number of nitrogens with zero attached hydrogens (tertiary/aromatic N) is 2. The second-order valence-electron chi connectivity index (χ2n) is 6.09. The predicted molar refractivity (Wildman–Crippen MR) is 103 cm³/mol. The van der Waals surface area contributed by atoms with Crippen molar-refractivity contribution in [2.24, 2.45) is 0 Å². The highest BCUT2D eigenvalue weighted by atomic mass is 19.2. The minimum atomic E-state index is -1.41. The maximum Gasteiger partial charge on any atom is 0.339 e. The van der Waals surface area contributed by atoms with E-state index in [1.54, 1.807) is 24.6 Å². The molecule has 0 fully saturated rings. The number of ether oxygens (including phenoxy) is 1. The van der Waals surface area contributed by atoms with Crippen molar-refractivity contribution in [3.63, 3.8) is 0 Å². The molecule has 0 saturated heterocycles. The number of pyridine rings is 1. The van der Waals surface area contributed by atoms with Crippen LogP contribution in [0.5, 0.6) is 0 Å². The quantitative estimate of drug-likeness (QED) is 0.678. The molecule has 3 rings (SSSR count). The van der Waals surface area contributed by atoms with Crippen LogP contribution < -0.4 is 0 Å². The Morgan fingerprint density at radius 3 is 2.50 bits per heavy atom. The van der Waals surface area contributed by atoms with E-state index < -0.39 is 23.7 Å². The van der Waals surface area contributed by atoms with Gasteiger partial charge in [0.15, 0.2) is 17.7 Å². The van der Waals surface area contributed by atoms with Crippen LogP contribution in [0.15, 0.2) is 30.5 Å². The minimum absolute atomic E-state index is 0.311. The van der Waals surface area contributed by atoms with Crippen molar-refractivity contribution >= 4 is 17.0 Å². The summed E-state index contributed by atoms with van der Waals surface area (Å²) in [5, 5.41) is 11.0. The van der Waals surface area contributed by atoms with Crippen LogP contribution in [0, 0.1) is 25.5 Å². The molecule has 1 unspecified atom stereocenters. The molecule has 150 valence electrons. The first-order chi connectivity index (χ1) is 13.3. The lowest BCUT2D eigenvalue weighted by molar-refractivity contribution is -0.150. The molecule has 0 aliphatic carbocycles. The number of rotatable bonds is 4. The number of benzene rings is 1. The number of hydrogen-bond donors (Lipinski definition) is 1. The number of carbonyl (C=O) groups excluding carboxylic acids is 1. The molecule has 0 amide bonds. The molecule has 0 radical (unpaired) electrons. The molecule has 0 aliphatic heterocycles. The Morgan fingerprint density at radius 1 is 1.21 bits per heavy atom. The van der Waals surface area contributed by atoms with Gasteiger partial charge in [-0.2, -0.15) is 0 Å². The first-order valence-corrected chi connectivity index (χ1v) is 8.99. The third kappa shape index (κ3) is 4.04. The molecule has 3 aromatic rings. The fourth-order valence-electron chi connectivity index (χ4n) is 3.11. The molecule has 0 saturated carbocycles. The summed E-state index contributed by atoms with van der Waals surface area (Å²) in [5.74, 6) is -2.54. The van der Waals surface area contributed by atoms with Gasteiger partial charge in [0.2, 0.25) is 0 Å². The van der Waals surface area contributed by atoms with Crippen molar-refractivity contribution in [1.82, 2.24) is 9.55 Å². The second-order valence-corrected chi connectivity index (χ2v) is 6.09. The van der Waals surface area contributed by atoms with Crippen LogP contribution in [0.2, 0.25) is 0 Å². The molecule has 7 heteroatoms. The van der Waals surface area contributed by atoms with Crippen molar-refractivity contribution in [3.8, 4) is 0 Å². The summed E-state index contributed by atoms with van der Waals surface area (Å²) in [4.78, 5) is 16.2. The van der Waals surface area contributed by atoms with Crippen molar-refractivity contribution in [3.05, 3.63) is 64.5 Å². The molecule has 0 bridgehead atoms. The Morgan fingerprint density at radius 2 is 1.89 bits per heavy atom. The van der Waals surface area contributed by atoms with Crippen molar-refractivity contribution < 1.29 is 23.4 Å². The zero-order chi connectivity index (χ0) is 21.0. The van der Waals surface area contributed by atoms with Crippen LogP contribution in [-0.2, 0) is 16.1 Å². The minimum Gasteiger partial charge on any atom is -0.467 e. The number of aryl methyl sites for hydroxylation is 2. The van der Waals surface area contributed by atoms with E-state index in [9.17, 15) is 18.7 Å². The average molecular weight is 390 g/mol. The standard InChI is InChI=1S/C19H18F2N2O3.C2H6/c1-10-13-6-7-23(9-12-4-5-14(20)15(21)8-12)18(13)22-11(2)16(10)17(24)19(25)26-3;1-2/h4-8,17,24H,9H2,1-3H3;1-2H3. The molecule has 1 atom stereocenters. The van der Waals surface area contributed by atoms with E-state index in [2.05, 4.69) is 9.72 Å². The van der Waals surface area contributed by atoms with Crippen LogP contribution in [0.25, 0.3) is 11.0 Å². The Kier molecular flexibility index (Phi) is 6.85. The predicted octanol–water partition coefficient (Wildman–Crippen LogP) is 4.21. The number of fused-ring (bicyclic) bond motifs is 1. The Balaban J connectivity index is 0.00000136. The van der Waals surface area contributed by atoms with E-state index in [0.29, 0.717) is 29.0 Å². The van der Waals surface area contributed by atoms with Crippen molar-refractivity contribution in [2.75, 3.05) is 7.11 Å². The Hall–Kier alpha value is -2.80. The maximum atomic E-state index is 13.4. The zero-order valence-corrected chi connectivity index (χ0v) is 16.6. The van der Waals surface area contributed by atoms with Crippen LogP contribution in [-0.4, -0.2) is 27.7 Å². The summed E-state index contributed by atoms with van der Waals surface area (Å²) in [5.41, 5.74) is 2.85. The van der Waals surface area contributed by atoms with Gasteiger partial charge in [-0.05, 0) is 43.2 Å². The molecular formula is C21H24F2N2O3. The second kappa shape index (κ2) is 8.93. The van der Waals surface area contributed by atoms with E-state index in [-0.39, 0.29) is 0 Å². The average Bonchev–Trinajstić information content (AvgIpc) is 3.08. The van der Waals surface area contributed by atoms with Gasteiger partial charge in [-0.15, -0.1) is 0 Å². The van der Waals surface area contributed by atoms with Crippen molar-refractivity contribution in [1.29, 1.82) is 0 Å². The Labute approximate surface area is 162 Å². The van der Waals surface area contributed by atoms with Gasteiger partial charge in [-0.3, -0.25) is 0 Å². The molecule has 2 aromatic heterocycles. The number of halogens is 2. The SMILES string of the molecule is CC.COC(=O)C(O)c1c(C)nc2c(ccn2Cc2ccc(F)c(F)c2)c1C. The van der Waals surface area contributed by atoms with Gasteiger partial charge in [0.1, 0.15) is 5.65 Å². The molecule has 0 aliphatic rings. The summed E-state index contributed by atoms with van der Waals surface area (Å²) in [6.07, 6.45) is 0.367. The summed E-state index contributed by atoms with van der Waals surface area (Å²) in [6.45, 7) is 7.80. The lowest BCUT2D eigenvalue weighted by Crippen LogP contribution is -2.17. The molecule has 2 heterocycles. The van der Waals surface area contributed by atoms with Crippen LogP contribution in [0.1, 0.15) is 42.3 Å². The number of esters is 1. The fraction of sp³-hybridized carbons (Fsp3) is 0.333. The van der Waals surface area contributed by atoms with E-state index in [0.717, 1.165) is 23.1 Å². The van der Waals surface area contributed by atoms with Gasteiger partial charge >= 0.3 is 5.97 Å². The van der Waals surface area contributed by atoms with Gasteiger partial charge in [-0.25, -0.2) is 18.6 Å². The van der Waals surface area contributed by atoms with Crippen molar-refractivity contribution in [2.45, 2.75) is 40.3 Å². The molecule has 0 spiro atoms. The first kappa shape index (κ1) is 21.5. The highest BCUT2D eigenvalue weighted by molar-refractivity contribution is 5.85. The summed E-state index contributed by atoms with van der Waals surface area (Å²) in [7, 11) is 1.21. The normalized spacial score (nSPS) is 11.7. The highest BCUT2D eigenvalue weighted by Gasteiger charge is 2.25. The first-order valence-electron chi connectivity index (χ1n) is 8.99.